The van der Waals surface area contributed by atoms with Crippen LogP contribution in [0.25, 0.3) is 11.1 Å². The molecule has 4 aromatic rings. The summed E-state index contributed by atoms with van der Waals surface area (Å²) in [5.74, 6) is -3.31. The van der Waals surface area contributed by atoms with Gasteiger partial charge in [-0.3, -0.25) is 9.59 Å². The van der Waals surface area contributed by atoms with Crippen LogP contribution in [-0.2, 0) is 9.53 Å². The van der Waals surface area contributed by atoms with Crippen LogP contribution in [0.1, 0.15) is 38.0 Å². The number of hydrogen-bond acceptors (Lipinski definition) is 7. The van der Waals surface area contributed by atoms with Crippen molar-refractivity contribution in [1.82, 2.24) is 0 Å². The number of amides is 2. The lowest BCUT2D eigenvalue weighted by atomic mass is 10.0. The number of hydrogen-bond donors (Lipinski definition) is 3. The number of rotatable bonds is 10. The Kier molecular flexibility index (Phi) is 11.0. The Balaban J connectivity index is 1.48. The van der Waals surface area contributed by atoms with Crippen LogP contribution in [0, 0.1) is 0 Å². The van der Waals surface area contributed by atoms with Crippen LogP contribution in [0.15, 0.2) is 64.9 Å². The molecule has 3 aromatic carbocycles. The largest absolute Gasteiger partial charge is 0.478 e. The average molecular weight is 698 g/mol. The van der Waals surface area contributed by atoms with E-state index in [1.807, 2.05) is 30.3 Å². The molecule has 0 bridgehead atoms. The fraction of sp³-hybridized carbons (Fsp3) is 0.103. The molecule has 0 atom stereocenters. The summed E-state index contributed by atoms with van der Waals surface area (Å²) in [4.78, 5) is 51.2. The third-order valence-electron chi connectivity index (χ3n) is 5.78. The highest BCUT2D eigenvalue weighted by atomic mass is 35.5. The minimum Gasteiger partial charge on any atom is -0.478 e. The minimum absolute atomic E-state index is 0.0182. The molecule has 2 amide bonds. The molecule has 3 N–H and O–H groups in total. The van der Waals surface area contributed by atoms with E-state index in [0.717, 1.165) is 5.56 Å². The molecule has 0 fully saturated rings. The standard InChI is InChI=1S/C29H20Cl4N2O6S2/c1-2-41-29(40)19-17(14-7-4-3-5-8-14)12-43-27(19)35-18(36)13-42-16-10-6-9-15(11-16)34-26(37)20-21(28(38)39)23(31)25(33)24(32)22(20)30/h3-12H,2,13H2,1H3,(H,34,37)(H,35,36)(H,38,39). The van der Waals surface area contributed by atoms with E-state index in [0.29, 0.717) is 21.1 Å². The first kappa shape index (κ1) is 32.7. The summed E-state index contributed by atoms with van der Waals surface area (Å²) in [5.41, 5.74) is 1.00. The van der Waals surface area contributed by atoms with E-state index < -0.39 is 34.0 Å². The molecule has 0 aliphatic carbocycles. The fourth-order valence-electron chi connectivity index (χ4n) is 3.90. The third kappa shape index (κ3) is 7.46. The van der Waals surface area contributed by atoms with Crippen molar-refractivity contribution >= 4 is 104 Å². The molecule has 0 saturated heterocycles. The Hall–Kier alpha value is -3.25. The first-order valence-corrected chi connectivity index (χ1v) is 15.7. The van der Waals surface area contributed by atoms with Crippen molar-refractivity contribution in [3.05, 3.63) is 96.8 Å². The van der Waals surface area contributed by atoms with Gasteiger partial charge in [0.15, 0.2) is 0 Å². The Bertz CT molecular complexity index is 1730. The SMILES string of the molecule is CCOC(=O)c1c(-c2ccccc2)csc1NC(=O)CSc1cccc(NC(=O)c2c(Cl)c(Cl)c(Cl)c(Cl)c2C(=O)O)c1. The van der Waals surface area contributed by atoms with Gasteiger partial charge in [0.05, 0.1) is 43.6 Å². The Labute approximate surface area is 274 Å². The van der Waals surface area contributed by atoms with Gasteiger partial charge in [0, 0.05) is 21.5 Å². The number of esters is 1. The number of carboxylic acid groups (broad SMARTS) is 1. The van der Waals surface area contributed by atoms with Crippen molar-refractivity contribution in [2.75, 3.05) is 23.0 Å². The number of aromatic carboxylic acids is 1. The van der Waals surface area contributed by atoms with Gasteiger partial charge in [0.1, 0.15) is 10.6 Å². The van der Waals surface area contributed by atoms with Crippen LogP contribution in [0.2, 0.25) is 20.1 Å². The van der Waals surface area contributed by atoms with Gasteiger partial charge in [-0.2, -0.15) is 0 Å². The molecule has 14 heteroatoms. The highest BCUT2D eigenvalue weighted by Crippen LogP contribution is 2.42. The Morgan fingerprint density at radius 3 is 2.19 bits per heavy atom. The quantitative estimate of drug-likeness (QED) is 0.0655. The van der Waals surface area contributed by atoms with Gasteiger partial charge in [-0.15, -0.1) is 23.1 Å². The molecule has 43 heavy (non-hydrogen) atoms. The monoisotopic (exact) mass is 696 g/mol. The number of anilines is 2. The predicted octanol–water partition coefficient (Wildman–Crippen LogP) is 8.89. The number of carbonyl (C=O) groups excluding carboxylic acids is 3. The first-order valence-electron chi connectivity index (χ1n) is 12.3. The van der Waals surface area contributed by atoms with Crippen LogP contribution in [0.3, 0.4) is 0 Å². The lowest BCUT2D eigenvalue weighted by Gasteiger charge is -2.14. The lowest BCUT2D eigenvalue weighted by molar-refractivity contribution is -0.113. The van der Waals surface area contributed by atoms with Crippen LogP contribution in [-0.4, -0.2) is 41.2 Å². The van der Waals surface area contributed by atoms with Crippen molar-refractivity contribution in [2.45, 2.75) is 11.8 Å². The van der Waals surface area contributed by atoms with Crippen molar-refractivity contribution in [1.29, 1.82) is 0 Å². The summed E-state index contributed by atoms with van der Waals surface area (Å²) in [7, 11) is 0. The zero-order valence-electron chi connectivity index (χ0n) is 22.0. The van der Waals surface area contributed by atoms with Gasteiger partial charge < -0.3 is 20.5 Å². The summed E-state index contributed by atoms with van der Waals surface area (Å²) >= 11 is 26.6. The molecule has 0 unspecified atom stereocenters. The zero-order chi connectivity index (χ0) is 31.3. The topological polar surface area (TPSA) is 122 Å². The molecule has 4 rings (SSSR count). The molecule has 8 nitrogen and oxygen atoms in total. The molecule has 222 valence electrons. The summed E-state index contributed by atoms with van der Waals surface area (Å²) in [6.07, 6.45) is 0. The molecule has 0 spiro atoms. The summed E-state index contributed by atoms with van der Waals surface area (Å²) in [6, 6.07) is 15.8. The van der Waals surface area contributed by atoms with Gasteiger partial charge in [0.25, 0.3) is 5.91 Å². The van der Waals surface area contributed by atoms with Crippen molar-refractivity contribution in [2.24, 2.45) is 0 Å². The van der Waals surface area contributed by atoms with Crippen molar-refractivity contribution in [3.63, 3.8) is 0 Å². The van der Waals surface area contributed by atoms with Crippen molar-refractivity contribution < 1.29 is 29.0 Å². The maximum absolute atomic E-state index is 13.1. The normalized spacial score (nSPS) is 10.7. The molecule has 1 heterocycles. The van der Waals surface area contributed by atoms with E-state index in [-0.39, 0.29) is 38.9 Å². The van der Waals surface area contributed by atoms with Gasteiger partial charge in [0.2, 0.25) is 5.91 Å². The number of halogens is 4. The molecule has 0 aliphatic heterocycles. The van der Waals surface area contributed by atoms with E-state index in [1.54, 1.807) is 36.6 Å². The number of nitrogens with one attached hydrogen (secondary N) is 2. The maximum atomic E-state index is 13.1. The Morgan fingerprint density at radius 2 is 1.53 bits per heavy atom. The number of thiophene rings is 1. The second-order valence-corrected chi connectivity index (χ2v) is 12.0. The van der Waals surface area contributed by atoms with Crippen LogP contribution >= 0.6 is 69.5 Å². The fourth-order valence-corrected chi connectivity index (χ4v) is 6.65. The first-order chi connectivity index (χ1) is 20.5. The third-order valence-corrected chi connectivity index (χ3v) is 9.47. The number of ether oxygens (including phenoxy) is 1. The van der Waals surface area contributed by atoms with E-state index in [2.05, 4.69) is 10.6 Å². The second-order valence-electron chi connectivity index (χ2n) is 8.57. The van der Waals surface area contributed by atoms with Crippen LogP contribution in [0.4, 0.5) is 10.7 Å². The van der Waals surface area contributed by atoms with E-state index in [1.165, 1.54) is 23.1 Å². The number of carbonyl (C=O) groups is 4. The van der Waals surface area contributed by atoms with Crippen LogP contribution < -0.4 is 10.6 Å². The molecule has 0 aliphatic rings. The van der Waals surface area contributed by atoms with E-state index >= 15 is 0 Å². The minimum atomic E-state index is -1.52. The van der Waals surface area contributed by atoms with E-state index in [4.69, 9.17) is 51.1 Å². The molecular weight excluding hydrogens is 678 g/mol. The number of benzene rings is 3. The molecular formula is C29H20Cl4N2O6S2. The van der Waals surface area contributed by atoms with Gasteiger partial charge in [-0.25, -0.2) is 9.59 Å². The number of thioether (sulfide) groups is 1. The molecule has 0 saturated carbocycles. The lowest BCUT2D eigenvalue weighted by Crippen LogP contribution is -2.18. The average Bonchev–Trinajstić information content (AvgIpc) is 3.40. The highest BCUT2D eigenvalue weighted by Gasteiger charge is 2.29. The highest BCUT2D eigenvalue weighted by molar-refractivity contribution is 8.00. The maximum Gasteiger partial charge on any atom is 0.341 e. The second kappa shape index (κ2) is 14.5. The van der Waals surface area contributed by atoms with Crippen LogP contribution in [0.5, 0.6) is 0 Å². The van der Waals surface area contributed by atoms with Crippen molar-refractivity contribution in [3.8, 4) is 11.1 Å². The van der Waals surface area contributed by atoms with Gasteiger partial charge >= 0.3 is 11.9 Å². The molecule has 1 aromatic heterocycles. The summed E-state index contributed by atoms with van der Waals surface area (Å²) in [6.45, 7) is 1.89. The number of carboxylic acids is 1. The van der Waals surface area contributed by atoms with E-state index in [9.17, 15) is 24.3 Å². The zero-order valence-corrected chi connectivity index (χ0v) is 26.7. The smallest absolute Gasteiger partial charge is 0.341 e. The van der Waals surface area contributed by atoms with Gasteiger partial charge in [-0.1, -0.05) is 82.8 Å². The molecule has 0 radical (unpaired) electrons. The van der Waals surface area contributed by atoms with Gasteiger partial charge in [-0.05, 0) is 30.7 Å². The summed E-state index contributed by atoms with van der Waals surface area (Å²) < 4.78 is 5.24. The predicted molar refractivity (Wildman–Crippen MR) is 173 cm³/mol. The summed E-state index contributed by atoms with van der Waals surface area (Å²) in [5, 5.41) is 15.8. The Morgan fingerprint density at radius 1 is 0.860 bits per heavy atom.